The maximum atomic E-state index is 10.2. The summed E-state index contributed by atoms with van der Waals surface area (Å²) >= 11 is 3.43. The van der Waals surface area contributed by atoms with Gasteiger partial charge in [-0.1, -0.05) is 58.4 Å². The molecule has 2 rings (SSSR count). The molecule has 3 heteroatoms. The largest absolute Gasteiger partial charge is 0.387 e. The summed E-state index contributed by atoms with van der Waals surface area (Å²) in [5.41, 5.74) is 2.30. The molecular formula is C18H22BrNO. The molecule has 0 aliphatic heterocycles. The van der Waals surface area contributed by atoms with Crippen molar-refractivity contribution in [2.45, 2.75) is 31.9 Å². The van der Waals surface area contributed by atoms with Gasteiger partial charge in [-0.25, -0.2) is 0 Å². The molecule has 0 fully saturated rings. The van der Waals surface area contributed by atoms with Crippen LogP contribution in [0.1, 0.15) is 30.6 Å². The topological polar surface area (TPSA) is 32.3 Å². The molecule has 2 unspecified atom stereocenters. The molecule has 0 bridgehead atoms. The summed E-state index contributed by atoms with van der Waals surface area (Å²) in [6, 6.07) is 18.7. The second-order valence-corrected chi connectivity index (χ2v) is 6.32. The summed E-state index contributed by atoms with van der Waals surface area (Å²) in [7, 11) is 0. The zero-order valence-corrected chi connectivity index (χ0v) is 13.9. The van der Waals surface area contributed by atoms with Gasteiger partial charge in [-0.05, 0) is 43.0 Å². The Morgan fingerprint density at radius 1 is 1.10 bits per heavy atom. The second-order valence-electron chi connectivity index (χ2n) is 5.40. The Labute approximate surface area is 135 Å². The van der Waals surface area contributed by atoms with Crippen molar-refractivity contribution in [1.82, 2.24) is 5.32 Å². The van der Waals surface area contributed by atoms with Crippen molar-refractivity contribution in [2.24, 2.45) is 0 Å². The van der Waals surface area contributed by atoms with Crippen LogP contribution in [0.25, 0.3) is 0 Å². The third-order valence-corrected chi connectivity index (χ3v) is 4.10. The van der Waals surface area contributed by atoms with E-state index in [0.29, 0.717) is 12.6 Å². The van der Waals surface area contributed by atoms with Crippen LogP contribution in [0.3, 0.4) is 0 Å². The van der Waals surface area contributed by atoms with Crippen LogP contribution in [0.4, 0.5) is 0 Å². The Balaban J connectivity index is 1.74. The van der Waals surface area contributed by atoms with Gasteiger partial charge in [0.25, 0.3) is 0 Å². The molecule has 0 heterocycles. The van der Waals surface area contributed by atoms with E-state index in [2.05, 4.69) is 52.4 Å². The van der Waals surface area contributed by atoms with E-state index in [-0.39, 0.29) is 0 Å². The van der Waals surface area contributed by atoms with Crippen LogP contribution in [0.15, 0.2) is 59.1 Å². The molecule has 0 radical (unpaired) electrons. The van der Waals surface area contributed by atoms with Crippen molar-refractivity contribution in [3.05, 3.63) is 70.2 Å². The first kappa shape index (κ1) is 16.2. The molecule has 0 amide bonds. The Morgan fingerprint density at radius 3 is 2.57 bits per heavy atom. The number of benzene rings is 2. The summed E-state index contributed by atoms with van der Waals surface area (Å²) in [5, 5.41) is 13.6. The van der Waals surface area contributed by atoms with Gasteiger partial charge in [0.2, 0.25) is 0 Å². The zero-order valence-electron chi connectivity index (χ0n) is 12.3. The number of hydrogen-bond donors (Lipinski definition) is 2. The van der Waals surface area contributed by atoms with E-state index >= 15 is 0 Å². The lowest BCUT2D eigenvalue weighted by atomic mass is 10.1. The number of aliphatic hydroxyl groups is 1. The summed E-state index contributed by atoms with van der Waals surface area (Å²) < 4.78 is 0.996. The van der Waals surface area contributed by atoms with Gasteiger partial charge in [0, 0.05) is 17.1 Å². The third-order valence-electron chi connectivity index (χ3n) is 3.60. The van der Waals surface area contributed by atoms with E-state index < -0.39 is 6.10 Å². The number of hydrogen-bond acceptors (Lipinski definition) is 2. The van der Waals surface area contributed by atoms with E-state index in [1.807, 2.05) is 30.3 Å². The lowest BCUT2D eigenvalue weighted by molar-refractivity contribution is 0.170. The van der Waals surface area contributed by atoms with E-state index in [1.54, 1.807) is 0 Å². The SMILES string of the molecule is CC(CCc1ccccc1)NCC(O)c1cccc(Br)c1. The Kier molecular flexibility index (Phi) is 6.43. The van der Waals surface area contributed by atoms with Crippen LogP contribution in [0, 0.1) is 0 Å². The molecule has 0 spiro atoms. The molecule has 0 saturated carbocycles. The number of halogens is 1. The third kappa shape index (κ3) is 5.62. The highest BCUT2D eigenvalue weighted by atomic mass is 79.9. The lowest BCUT2D eigenvalue weighted by Gasteiger charge is -2.17. The summed E-state index contributed by atoms with van der Waals surface area (Å²) in [6.45, 7) is 2.74. The summed E-state index contributed by atoms with van der Waals surface area (Å²) in [6.07, 6.45) is 1.65. The average Bonchev–Trinajstić information content (AvgIpc) is 2.51. The predicted molar refractivity (Wildman–Crippen MR) is 91.3 cm³/mol. The van der Waals surface area contributed by atoms with Crippen molar-refractivity contribution in [3.63, 3.8) is 0 Å². The Hall–Kier alpha value is -1.16. The van der Waals surface area contributed by atoms with E-state index in [9.17, 15) is 5.11 Å². The molecule has 2 aromatic rings. The minimum Gasteiger partial charge on any atom is -0.387 e. The Bertz CT molecular complexity index is 544. The Morgan fingerprint density at radius 2 is 1.86 bits per heavy atom. The van der Waals surface area contributed by atoms with Crippen molar-refractivity contribution >= 4 is 15.9 Å². The molecule has 2 nitrogen and oxygen atoms in total. The second kappa shape index (κ2) is 8.32. The van der Waals surface area contributed by atoms with Gasteiger partial charge in [0.15, 0.2) is 0 Å². The van der Waals surface area contributed by atoms with E-state index in [4.69, 9.17) is 0 Å². The van der Waals surface area contributed by atoms with Crippen LogP contribution in [0.2, 0.25) is 0 Å². The molecular weight excluding hydrogens is 326 g/mol. The first-order chi connectivity index (χ1) is 10.1. The smallest absolute Gasteiger partial charge is 0.0914 e. The molecule has 0 saturated heterocycles. The fourth-order valence-electron chi connectivity index (χ4n) is 2.27. The summed E-state index contributed by atoms with van der Waals surface area (Å²) in [4.78, 5) is 0. The van der Waals surface area contributed by atoms with Gasteiger partial charge in [-0.2, -0.15) is 0 Å². The zero-order chi connectivity index (χ0) is 15.1. The van der Waals surface area contributed by atoms with Crippen molar-refractivity contribution in [2.75, 3.05) is 6.54 Å². The van der Waals surface area contributed by atoms with Gasteiger partial charge in [0.1, 0.15) is 0 Å². The maximum Gasteiger partial charge on any atom is 0.0914 e. The van der Waals surface area contributed by atoms with Gasteiger partial charge in [0.05, 0.1) is 6.10 Å². The van der Waals surface area contributed by atoms with Crippen LogP contribution < -0.4 is 5.32 Å². The molecule has 0 aromatic heterocycles. The molecule has 0 aliphatic carbocycles. The normalized spacial score (nSPS) is 13.9. The first-order valence-electron chi connectivity index (χ1n) is 7.36. The van der Waals surface area contributed by atoms with Crippen LogP contribution in [0.5, 0.6) is 0 Å². The van der Waals surface area contributed by atoms with E-state index in [1.165, 1.54) is 5.56 Å². The molecule has 2 atom stereocenters. The number of aryl methyl sites for hydroxylation is 1. The number of rotatable bonds is 7. The van der Waals surface area contributed by atoms with Crippen molar-refractivity contribution < 1.29 is 5.11 Å². The molecule has 2 N–H and O–H groups in total. The molecule has 21 heavy (non-hydrogen) atoms. The van der Waals surface area contributed by atoms with Crippen molar-refractivity contribution in [1.29, 1.82) is 0 Å². The predicted octanol–water partition coefficient (Wildman–Crippen LogP) is 4.09. The highest BCUT2D eigenvalue weighted by Crippen LogP contribution is 2.17. The van der Waals surface area contributed by atoms with Crippen LogP contribution >= 0.6 is 15.9 Å². The average molecular weight is 348 g/mol. The molecule has 0 aliphatic rings. The maximum absolute atomic E-state index is 10.2. The monoisotopic (exact) mass is 347 g/mol. The molecule has 2 aromatic carbocycles. The highest BCUT2D eigenvalue weighted by Gasteiger charge is 2.09. The van der Waals surface area contributed by atoms with E-state index in [0.717, 1.165) is 22.9 Å². The fourth-order valence-corrected chi connectivity index (χ4v) is 2.69. The van der Waals surface area contributed by atoms with Crippen molar-refractivity contribution in [3.8, 4) is 0 Å². The van der Waals surface area contributed by atoms with Crippen LogP contribution in [-0.2, 0) is 6.42 Å². The minimum atomic E-state index is -0.471. The number of nitrogens with one attached hydrogen (secondary N) is 1. The standard InChI is InChI=1S/C18H22BrNO/c1-14(10-11-15-6-3-2-4-7-15)20-13-18(21)16-8-5-9-17(19)12-16/h2-9,12,14,18,20-21H,10-11,13H2,1H3. The quantitative estimate of drug-likeness (QED) is 0.790. The fraction of sp³-hybridized carbons (Fsp3) is 0.333. The van der Waals surface area contributed by atoms with Crippen LogP contribution in [-0.4, -0.2) is 17.7 Å². The van der Waals surface area contributed by atoms with Gasteiger partial charge in [-0.3, -0.25) is 0 Å². The highest BCUT2D eigenvalue weighted by molar-refractivity contribution is 9.10. The minimum absolute atomic E-state index is 0.381. The molecule has 112 valence electrons. The van der Waals surface area contributed by atoms with Gasteiger partial charge >= 0.3 is 0 Å². The van der Waals surface area contributed by atoms with Gasteiger partial charge < -0.3 is 10.4 Å². The first-order valence-corrected chi connectivity index (χ1v) is 8.15. The van der Waals surface area contributed by atoms with Gasteiger partial charge in [-0.15, -0.1) is 0 Å². The lowest BCUT2D eigenvalue weighted by Crippen LogP contribution is -2.30. The number of aliphatic hydroxyl groups excluding tert-OH is 1. The summed E-state index contributed by atoms with van der Waals surface area (Å²) in [5.74, 6) is 0.